The van der Waals surface area contributed by atoms with Crippen molar-refractivity contribution in [3.63, 3.8) is 0 Å². The Bertz CT molecular complexity index is 1150. The fourth-order valence-electron chi connectivity index (χ4n) is 3.82. The molecule has 2 aliphatic rings. The molecule has 1 atom stereocenters. The normalized spacial score (nSPS) is 19.2. The van der Waals surface area contributed by atoms with Gasteiger partial charge in [-0.05, 0) is 49.6 Å². The van der Waals surface area contributed by atoms with Crippen molar-refractivity contribution >= 4 is 44.8 Å². The molecule has 0 aliphatic carbocycles. The van der Waals surface area contributed by atoms with Gasteiger partial charge in [0.05, 0.1) is 16.5 Å². The van der Waals surface area contributed by atoms with E-state index in [0.29, 0.717) is 47.1 Å². The molecule has 1 fully saturated rings. The smallest absolute Gasteiger partial charge is 0.262 e. The van der Waals surface area contributed by atoms with Gasteiger partial charge in [0.25, 0.3) is 5.91 Å². The predicted octanol–water partition coefficient (Wildman–Crippen LogP) is 3.02. The van der Waals surface area contributed by atoms with Crippen LogP contribution in [-0.2, 0) is 19.6 Å². The lowest BCUT2D eigenvalue weighted by atomic mass is 9.99. The molecule has 31 heavy (non-hydrogen) atoms. The monoisotopic (exact) mass is 463 g/mol. The molecule has 4 rings (SSSR count). The molecule has 2 N–H and O–H groups in total. The number of piperidine rings is 1. The SMILES string of the molecule is Cc1cc2c(cc1S(=O)(=O)N1CCC[C@@H](C(=O)Nc3cccc(Cl)c3)C1)OCC(=O)N2. The number of hydrogen-bond acceptors (Lipinski definition) is 5. The van der Waals surface area contributed by atoms with E-state index in [-0.39, 0.29) is 29.9 Å². The summed E-state index contributed by atoms with van der Waals surface area (Å²) in [4.78, 5) is 24.4. The van der Waals surface area contributed by atoms with E-state index in [1.54, 1.807) is 37.3 Å². The average Bonchev–Trinajstić information content (AvgIpc) is 2.73. The van der Waals surface area contributed by atoms with Gasteiger partial charge in [-0.1, -0.05) is 17.7 Å². The van der Waals surface area contributed by atoms with Crippen molar-refractivity contribution in [2.45, 2.75) is 24.7 Å². The van der Waals surface area contributed by atoms with Crippen LogP contribution in [0.15, 0.2) is 41.3 Å². The molecule has 0 radical (unpaired) electrons. The molecule has 2 heterocycles. The fourth-order valence-corrected chi connectivity index (χ4v) is 5.75. The molecule has 2 amide bonds. The summed E-state index contributed by atoms with van der Waals surface area (Å²) in [5.74, 6) is -0.686. The summed E-state index contributed by atoms with van der Waals surface area (Å²) in [5.41, 5.74) is 1.52. The van der Waals surface area contributed by atoms with E-state index < -0.39 is 15.9 Å². The van der Waals surface area contributed by atoms with Gasteiger partial charge in [0.15, 0.2) is 6.61 Å². The van der Waals surface area contributed by atoms with Crippen LogP contribution in [0.2, 0.25) is 5.02 Å². The number of benzene rings is 2. The van der Waals surface area contributed by atoms with Crippen LogP contribution < -0.4 is 15.4 Å². The summed E-state index contributed by atoms with van der Waals surface area (Å²) >= 11 is 5.97. The number of carbonyl (C=O) groups is 2. The molecule has 1 saturated heterocycles. The van der Waals surface area contributed by atoms with E-state index in [4.69, 9.17) is 16.3 Å². The number of halogens is 1. The van der Waals surface area contributed by atoms with Gasteiger partial charge in [-0.25, -0.2) is 8.42 Å². The summed E-state index contributed by atoms with van der Waals surface area (Å²) < 4.78 is 33.4. The molecular formula is C21H22ClN3O5S. The van der Waals surface area contributed by atoms with Crippen molar-refractivity contribution in [1.82, 2.24) is 4.31 Å². The van der Waals surface area contributed by atoms with E-state index in [9.17, 15) is 18.0 Å². The molecule has 0 bridgehead atoms. The van der Waals surface area contributed by atoms with Crippen molar-refractivity contribution in [3.8, 4) is 5.75 Å². The van der Waals surface area contributed by atoms with Gasteiger partial charge in [-0.3, -0.25) is 9.59 Å². The number of nitrogens with zero attached hydrogens (tertiary/aromatic N) is 1. The second-order valence-corrected chi connectivity index (χ2v) is 10.00. The highest BCUT2D eigenvalue weighted by Crippen LogP contribution is 2.35. The first kappa shape index (κ1) is 21.6. The maximum atomic E-state index is 13.4. The highest BCUT2D eigenvalue weighted by Gasteiger charge is 2.35. The zero-order valence-corrected chi connectivity index (χ0v) is 18.4. The van der Waals surface area contributed by atoms with E-state index in [2.05, 4.69) is 10.6 Å². The number of ether oxygens (including phenoxy) is 1. The van der Waals surface area contributed by atoms with Crippen molar-refractivity contribution in [2.24, 2.45) is 5.92 Å². The van der Waals surface area contributed by atoms with Crippen LogP contribution in [0.1, 0.15) is 18.4 Å². The van der Waals surface area contributed by atoms with Crippen LogP contribution in [0.4, 0.5) is 11.4 Å². The summed E-state index contributed by atoms with van der Waals surface area (Å²) in [6.45, 7) is 1.92. The van der Waals surface area contributed by atoms with Crippen LogP contribution in [0.5, 0.6) is 5.75 Å². The second-order valence-electron chi connectivity index (χ2n) is 7.65. The summed E-state index contributed by atoms with van der Waals surface area (Å²) in [5, 5.41) is 6.00. The molecule has 0 spiro atoms. The van der Waals surface area contributed by atoms with Gasteiger partial charge in [-0.15, -0.1) is 0 Å². The Balaban J connectivity index is 1.53. The number of hydrogen-bond donors (Lipinski definition) is 2. The molecule has 0 saturated carbocycles. The molecule has 0 aromatic heterocycles. The van der Waals surface area contributed by atoms with Gasteiger partial charge in [-0.2, -0.15) is 4.31 Å². The molecular weight excluding hydrogens is 442 g/mol. The Kier molecular flexibility index (Phi) is 5.92. The topological polar surface area (TPSA) is 105 Å². The van der Waals surface area contributed by atoms with Gasteiger partial charge < -0.3 is 15.4 Å². The number of sulfonamides is 1. The minimum Gasteiger partial charge on any atom is -0.482 e. The third kappa shape index (κ3) is 4.53. The van der Waals surface area contributed by atoms with E-state index >= 15 is 0 Å². The highest BCUT2D eigenvalue weighted by atomic mass is 35.5. The number of carbonyl (C=O) groups excluding carboxylic acids is 2. The zero-order valence-electron chi connectivity index (χ0n) is 16.9. The lowest BCUT2D eigenvalue weighted by Crippen LogP contribution is -2.43. The molecule has 2 aromatic rings. The summed E-state index contributed by atoms with van der Waals surface area (Å²) in [7, 11) is -3.85. The molecule has 2 aliphatic heterocycles. The van der Waals surface area contributed by atoms with E-state index in [0.717, 1.165) is 0 Å². The lowest BCUT2D eigenvalue weighted by molar-refractivity contribution is -0.121. The van der Waals surface area contributed by atoms with Crippen LogP contribution in [0, 0.1) is 12.8 Å². The third-order valence-electron chi connectivity index (χ3n) is 5.37. The van der Waals surface area contributed by atoms with Crippen molar-refractivity contribution in [2.75, 3.05) is 30.3 Å². The number of rotatable bonds is 4. The largest absolute Gasteiger partial charge is 0.482 e. The third-order valence-corrected chi connectivity index (χ3v) is 7.62. The Morgan fingerprint density at radius 3 is 2.87 bits per heavy atom. The van der Waals surface area contributed by atoms with Gasteiger partial charge in [0.1, 0.15) is 5.75 Å². The zero-order chi connectivity index (χ0) is 22.2. The predicted molar refractivity (Wildman–Crippen MR) is 117 cm³/mol. The van der Waals surface area contributed by atoms with Crippen LogP contribution in [-0.4, -0.2) is 44.2 Å². The molecule has 8 nitrogen and oxygen atoms in total. The van der Waals surface area contributed by atoms with Crippen molar-refractivity contribution < 1.29 is 22.7 Å². The quantitative estimate of drug-likeness (QED) is 0.725. The van der Waals surface area contributed by atoms with E-state index in [1.165, 1.54) is 10.4 Å². The van der Waals surface area contributed by atoms with E-state index in [1.807, 2.05) is 0 Å². The number of amides is 2. The van der Waals surface area contributed by atoms with Crippen LogP contribution in [0.25, 0.3) is 0 Å². The lowest BCUT2D eigenvalue weighted by Gasteiger charge is -2.32. The minimum atomic E-state index is -3.85. The Hall–Kier alpha value is -2.62. The number of nitrogens with one attached hydrogen (secondary N) is 2. The number of aryl methyl sites for hydroxylation is 1. The van der Waals surface area contributed by atoms with Gasteiger partial charge >= 0.3 is 0 Å². The highest BCUT2D eigenvalue weighted by molar-refractivity contribution is 7.89. The van der Waals surface area contributed by atoms with Crippen molar-refractivity contribution in [3.05, 3.63) is 47.0 Å². The molecule has 164 valence electrons. The minimum absolute atomic E-state index is 0.0862. The van der Waals surface area contributed by atoms with Gasteiger partial charge in [0.2, 0.25) is 15.9 Å². The second kappa shape index (κ2) is 8.49. The first-order chi connectivity index (χ1) is 14.7. The number of anilines is 2. The average molecular weight is 464 g/mol. The van der Waals surface area contributed by atoms with Gasteiger partial charge in [0, 0.05) is 29.9 Å². The summed E-state index contributed by atoms with van der Waals surface area (Å²) in [6.07, 6.45) is 1.17. The first-order valence-electron chi connectivity index (χ1n) is 9.88. The Labute approximate surface area is 185 Å². The summed E-state index contributed by atoms with van der Waals surface area (Å²) in [6, 6.07) is 9.85. The molecule has 10 heteroatoms. The maximum Gasteiger partial charge on any atom is 0.262 e. The number of fused-ring (bicyclic) bond motifs is 1. The fraction of sp³-hybridized carbons (Fsp3) is 0.333. The standard InChI is InChI=1S/C21H22ClN3O5S/c1-13-8-17-18(30-12-20(26)24-17)10-19(13)31(28,29)25-7-3-4-14(11-25)21(27)23-16-6-2-5-15(22)9-16/h2,5-6,8-10,14H,3-4,7,11-12H2,1H3,(H,23,27)(H,24,26)/t14-/m1/s1. The molecule has 2 aromatic carbocycles. The first-order valence-corrected chi connectivity index (χ1v) is 11.7. The maximum absolute atomic E-state index is 13.4. The van der Waals surface area contributed by atoms with Crippen LogP contribution >= 0.6 is 11.6 Å². The molecule has 0 unspecified atom stereocenters. The van der Waals surface area contributed by atoms with Crippen molar-refractivity contribution in [1.29, 1.82) is 0 Å². The Morgan fingerprint density at radius 2 is 2.10 bits per heavy atom. The Morgan fingerprint density at radius 1 is 1.29 bits per heavy atom. The van der Waals surface area contributed by atoms with Crippen LogP contribution in [0.3, 0.4) is 0 Å².